The number of aryl methyl sites for hydroxylation is 1. The van der Waals surface area contributed by atoms with Crippen molar-refractivity contribution in [1.29, 1.82) is 0 Å². The minimum atomic E-state index is -0.544. The van der Waals surface area contributed by atoms with Crippen LogP contribution in [0.5, 0.6) is 11.5 Å². The lowest BCUT2D eigenvalue weighted by Crippen LogP contribution is -3.12. The normalized spacial score (nSPS) is 15.3. The smallest absolute Gasteiger partial charge is 0.315 e. The molecule has 1 aromatic carbocycles. The first-order chi connectivity index (χ1) is 12.4. The molecule has 1 aromatic heterocycles. The maximum atomic E-state index is 12.9. The van der Waals surface area contributed by atoms with E-state index >= 15 is 0 Å². The first-order valence-electron chi connectivity index (χ1n) is 8.32. The number of hydrogen-bond donors (Lipinski definition) is 1. The predicted molar refractivity (Wildman–Crippen MR) is 93.2 cm³/mol. The molecule has 1 aliphatic rings. The van der Waals surface area contributed by atoms with Crippen molar-refractivity contribution < 1.29 is 28.5 Å². The summed E-state index contributed by atoms with van der Waals surface area (Å²) >= 11 is 0. The molecule has 140 valence electrons. The standard InChI is InChI=1S/C17H21N3O6/c1-10-11-9-12(20(22)23)15(24-3)16(25-4)14(11)26-13(10)17(21)19-7-5-18(2)6-8-19/h9H,5-8H2,1-4H3/p+1. The van der Waals surface area contributed by atoms with Crippen LogP contribution in [0, 0.1) is 17.0 Å². The number of quaternary nitrogens is 1. The Kier molecular flexibility index (Phi) is 4.73. The fraction of sp³-hybridized carbons (Fsp3) is 0.471. The molecule has 1 fully saturated rings. The molecule has 0 radical (unpaired) electrons. The van der Waals surface area contributed by atoms with Crippen LogP contribution in [0.15, 0.2) is 10.5 Å². The number of hydrogen-bond acceptors (Lipinski definition) is 6. The summed E-state index contributed by atoms with van der Waals surface area (Å²) in [6.07, 6.45) is 0. The highest BCUT2D eigenvalue weighted by Crippen LogP contribution is 2.45. The Morgan fingerprint density at radius 3 is 2.42 bits per heavy atom. The minimum absolute atomic E-state index is 0.0269. The Hall–Kier alpha value is -2.81. The summed E-state index contributed by atoms with van der Waals surface area (Å²) in [6.45, 7) is 4.74. The highest BCUT2D eigenvalue weighted by atomic mass is 16.6. The Bertz CT molecular complexity index is 867. The van der Waals surface area contributed by atoms with Crippen molar-refractivity contribution in [2.45, 2.75) is 6.92 Å². The van der Waals surface area contributed by atoms with Crippen LogP contribution in [0.1, 0.15) is 16.1 Å². The monoisotopic (exact) mass is 364 g/mol. The second kappa shape index (κ2) is 6.83. The number of likely N-dealkylation sites (N-methyl/N-ethyl adjacent to an activating group) is 1. The molecule has 1 aliphatic heterocycles. The lowest BCUT2D eigenvalue weighted by atomic mass is 10.1. The number of rotatable bonds is 4. The van der Waals surface area contributed by atoms with Crippen LogP contribution in [0.4, 0.5) is 5.69 Å². The Balaban J connectivity index is 2.13. The topological polar surface area (TPSA) is 99.5 Å². The van der Waals surface area contributed by atoms with E-state index in [9.17, 15) is 14.9 Å². The zero-order chi connectivity index (χ0) is 19.0. The van der Waals surface area contributed by atoms with Gasteiger partial charge in [-0.15, -0.1) is 0 Å². The van der Waals surface area contributed by atoms with E-state index < -0.39 is 4.92 Å². The van der Waals surface area contributed by atoms with Gasteiger partial charge in [-0.3, -0.25) is 14.9 Å². The van der Waals surface area contributed by atoms with E-state index in [1.807, 2.05) is 0 Å². The molecule has 26 heavy (non-hydrogen) atoms. The Morgan fingerprint density at radius 2 is 1.88 bits per heavy atom. The molecule has 1 amide bonds. The van der Waals surface area contributed by atoms with Crippen LogP contribution in [-0.2, 0) is 0 Å². The zero-order valence-electron chi connectivity index (χ0n) is 15.2. The molecule has 0 spiro atoms. The summed E-state index contributed by atoms with van der Waals surface area (Å²) in [6, 6.07) is 1.36. The summed E-state index contributed by atoms with van der Waals surface area (Å²) in [7, 11) is 4.79. The van der Waals surface area contributed by atoms with E-state index in [0.29, 0.717) is 24.0 Å². The molecule has 1 saturated heterocycles. The molecule has 2 aromatic rings. The average Bonchev–Trinajstić information content (AvgIpc) is 2.96. The van der Waals surface area contributed by atoms with Crippen LogP contribution in [-0.4, -0.2) is 63.2 Å². The van der Waals surface area contributed by atoms with Crippen LogP contribution in [0.2, 0.25) is 0 Å². The average molecular weight is 364 g/mol. The van der Waals surface area contributed by atoms with Gasteiger partial charge in [0.05, 0.1) is 52.4 Å². The lowest BCUT2D eigenvalue weighted by molar-refractivity contribution is -0.883. The molecule has 0 unspecified atom stereocenters. The first-order valence-corrected chi connectivity index (χ1v) is 8.32. The molecule has 0 atom stereocenters. The minimum Gasteiger partial charge on any atom is -0.490 e. The summed E-state index contributed by atoms with van der Waals surface area (Å²) in [5.74, 6) is 0.0536. The molecule has 3 rings (SSSR count). The van der Waals surface area contributed by atoms with Crippen molar-refractivity contribution in [1.82, 2.24) is 4.90 Å². The molecule has 9 nitrogen and oxygen atoms in total. The van der Waals surface area contributed by atoms with E-state index in [2.05, 4.69) is 7.05 Å². The van der Waals surface area contributed by atoms with Crippen molar-refractivity contribution in [3.05, 3.63) is 27.5 Å². The van der Waals surface area contributed by atoms with Crippen LogP contribution in [0.3, 0.4) is 0 Å². The number of carbonyl (C=O) groups is 1. The highest BCUT2D eigenvalue weighted by molar-refractivity contribution is 6.02. The summed E-state index contributed by atoms with van der Waals surface area (Å²) in [5.41, 5.74) is 0.596. The number of furan rings is 1. The van der Waals surface area contributed by atoms with Crippen molar-refractivity contribution in [3.8, 4) is 11.5 Å². The number of nitro groups is 1. The van der Waals surface area contributed by atoms with Crippen molar-refractivity contribution in [2.24, 2.45) is 0 Å². The van der Waals surface area contributed by atoms with Gasteiger partial charge in [0.15, 0.2) is 11.3 Å². The number of nitrogens with one attached hydrogen (secondary N) is 1. The van der Waals surface area contributed by atoms with E-state index in [1.54, 1.807) is 11.8 Å². The summed E-state index contributed by atoms with van der Waals surface area (Å²) in [4.78, 5) is 26.8. The SMILES string of the molecule is COc1c([N+](=O)[O-])cc2c(C)c(C(=O)N3CC[NH+](C)CC3)oc2c1OC. The Morgan fingerprint density at radius 1 is 1.27 bits per heavy atom. The lowest BCUT2D eigenvalue weighted by Gasteiger charge is -2.29. The van der Waals surface area contributed by atoms with Gasteiger partial charge in [0.1, 0.15) is 0 Å². The number of nitrogens with zero attached hydrogens (tertiary/aromatic N) is 2. The number of benzene rings is 1. The third-order valence-corrected chi connectivity index (χ3v) is 4.82. The van der Waals surface area contributed by atoms with Gasteiger partial charge in [0, 0.05) is 17.0 Å². The van der Waals surface area contributed by atoms with E-state index in [4.69, 9.17) is 13.9 Å². The molecule has 0 bridgehead atoms. The number of piperazine rings is 1. The second-order valence-corrected chi connectivity index (χ2v) is 6.40. The number of methoxy groups -OCH3 is 2. The summed E-state index contributed by atoms with van der Waals surface area (Å²) < 4.78 is 16.3. The number of amides is 1. The number of carbonyl (C=O) groups excluding carboxylic acids is 1. The number of ether oxygens (including phenoxy) is 2. The van der Waals surface area contributed by atoms with Gasteiger partial charge in [0.2, 0.25) is 11.5 Å². The third kappa shape index (κ3) is 2.84. The van der Waals surface area contributed by atoms with Gasteiger partial charge in [-0.05, 0) is 6.92 Å². The van der Waals surface area contributed by atoms with Gasteiger partial charge >= 0.3 is 5.69 Å². The van der Waals surface area contributed by atoms with Crippen molar-refractivity contribution in [3.63, 3.8) is 0 Å². The fourth-order valence-corrected chi connectivity index (χ4v) is 3.25. The van der Waals surface area contributed by atoms with E-state index in [0.717, 1.165) is 13.1 Å². The number of nitro benzene ring substituents is 1. The van der Waals surface area contributed by atoms with E-state index in [1.165, 1.54) is 25.2 Å². The van der Waals surface area contributed by atoms with Gasteiger partial charge in [0.25, 0.3) is 5.91 Å². The molecule has 9 heteroatoms. The van der Waals surface area contributed by atoms with Crippen LogP contribution in [0.25, 0.3) is 11.0 Å². The van der Waals surface area contributed by atoms with Gasteiger partial charge in [-0.2, -0.15) is 0 Å². The quantitative estimate of drug-likeness (QED) is 0.631. The van der Waals surface area contributed by atoms with Gasteiger partial charge in [-0.1, -0.05) is 0 Å². The largest absolute Gasteiger partial charge is 0.490 e. The van der Waals surface area contributed by atoms with Crippen LogP contribution < -0.4 is 14.4 Å². The molecular weight excluding hydrogens is 342 g/mol. The fourth-order valence-electron chi connectivity index (χ4n) is 3.25. The molecular formula is C17H22N3O6+. The van der Waals surface area contributed by atoms with Crippen molar-refractivity contribution in [2.75, 3.05) is 47.4 Å². The van der Waals surface area contributed by atoms with Crippen molar-refractivity contribution >= 4 is 22.6 Å². The zero-order valence-corrected chi connectivity index (χ0v) is 15.2. The summed E-state index contributed by atoms with van der Waals surface area (Å²) in [5, 5.41) is 11.9. The molecule has 0 saturated carbocycles. The highest BCUT2D eigenvalue weighted by Gasteiger charge is 2.31. The van der Waals surface area contributed by atoms with Gasteiger partial charge < -0.3 is 23.7 Å². The molecule has 0 aliphatic carbocycles. The molecule has 1 N–H and O–H groups in total. The van der Waals surface area contributed by atoms with Gasteiger partial charge in [-0.25, -0.2) is 0 Å². The maximum absolute atomic E-state index is 12.9. The predicted octanol–water partition coefficient (Wildman–Crippen LogP) is 0.637. The Labute approximate surface area is 150 Å². The van der Waals surface area contributed by atoms with Crippen LogP contribution >= 0.6 is 0 Å². The molecule has 2 heterocycles. The first kappa shape index (κ1) is 18.0. The number of fused-ring (bicyclic) bond motifs is 1. The maximum Gasteiger partial charge on any atom is 0.315 e. The van der Waals surface area contributed by atoms with E-state index in [-0.39, 0.29) is 34.4 Å². The second-order valence-electron chi connectivity index (χ2n) is 6.40. The third-order valence-electron chi connectivity index (χ3n) is 4.82.